The van der Waals surface area contributed by atoms with E-state index in [1.54, 1.807) is 11.6 Å². The van der Waals surface area contributed by atoms with Crippen LogP contribution >= 0.6 is 11.3 Å². The van der Waals surface area contributed by atoms with Gasteiger partial charge in [0.15, 0.2) is 10.8 Å². The highest BCUT2D eigenvalue weighted by Gasteiger charge is 2.20. The highest BCUT2D eigenvalue weighted by atomic mass is 32.1. The van der Waals surface area contributed by atoms with Crippen LogP contribution < -0.4 is 5.32 Å². The summed E-state index contributed by atoms with van der Waals surface area (Å²) in [5, 5.41) is 20.9. The minimum Gasteiger partial charge on any atom is -0.476 e. The fourth-order valence-electron chi connectivity index (χ4n) is 1.49. The molecule has 0 fully saturated rings. The Labute approximate surface area is 117 Å². The van der Waals surface area contributed by atoms with E-state index in [1.807, 2.05) is 0 Å². The molecule has 0 aliphatic carbocycles. The Hall–Kier alpha value is -2.33. The second-order valence-electron chi connectivity index (χ2n) is 3.67. The molecule has 0 saturated heterocycles. The van der Waals surface area contributed by atoms with Gasteiger partial charge in [-0.3, -0.25) is 4.79 Å². The number of carbonyl (C=O) groups is 2. The van der Waals surface area contributed by atoms with Crippen molar-refractivity contribution >= 4 is 28.3 Å². The van der Waals surface area contributed by atoms with Gasteiger partial charge in [0.1, 0.15) is 6.54 Å². The van der Waals surface area contributed by atoms with Gasteiger partial charge in [0.2, 0.25) is 5.91 Å². The molecule has 2 rings (SSSR count). The first-order valence-corrected chi connectivity index (χ1v) is 6.33. The lowest BCUT2D eigenvalue weighted by Gasteiger charge is -2.05. The molecule has 0 radical (unpaired) electrons. The molecule has 9 nitrogen and oxygen atoms in total. The Bertz CT molecular complexity index is 609. The van der Waals surface area contributed by atoms with Gasteiger partial charge >= 0.3 is 5.97 Å². The van der Waals surface area contributed by atoms with Crippen LogP contribution in [0.25, 0.3) is 0 Å². The van der Waals surface area contributed by atoms with E-state index >= 15 is 0 Å². The molecule has 1 amide bonds. The standard InChI is InChI=1S/C10H11N5O4S/c1-19-5-6-8(9(17)18)13-14-15(6)4-7(16)12-10-11-2-3-20-10/h2-3H,4-5H2,1H3,(H,17,18)(H,11,12,16). The van der Waals surface area contributed by atoms with Crippen LogP contribution in [0.1, 0.15) is 16.2 Å². The largest absolute Gasteiger partial charge is 0.476 e. The van der Waals surface area contributed by atoms with Crippen LogP contribution in [0.3, 0.4) is 0 Å². The predicted molar refractivity (Wildman–Crippen MR) is 68.4 cm³/mol. The molecule has 0 unspecified atom stereocenters. The van der Waals surface area contributed by atoms with Crippen LogP contribution in [0, 0.1) is 0 Å². The number of aromatic carboxylic acids is 1. The fraction of sp³-hybridized carbons (Fsp3) is 0.300. The molecule has 0 aliphatic heterocycles. The third-order valence-electron chi connectivity index (χ3n) is 2.29. The number of methoxy groups -OCH3 is 1. The molecule has 0 aromatic carbocycles. The highest BCUT2D eigenvalue weighted by molar-refractivity contribution is 7.13. The number of anilines is 1. The molecule has 0 saturated carbocycles. The van der Waals surface area contributed by atoms with Gasteiger partial charge in [-0.15, -0.1) is 16.4 Å². The molecule has 20 heavy (non-hydrogen) atoms. The number of nitrogens with one attached hydrogen (secondary N) is 1. The van der Waals surface area contributed by atoms with E-state index in [4.69, 9.17) is 9.84 Å². The van der Waals surface area contributed by atoms with E-state index in [1.165, 1.54) is 23.1 Å². The second-order valence-corrected chi connectivity index (χ2v) is 4.56. The number of amides is 1. The topological polar surface area (TPSA) is 119 Å². The molecule has 0 spiro atoms. The van der Waals surface area contributed by atoms with Gasteiger partial charge in [0.25, 0.3) is 0 Å². The van der Waals surface area contributed by atoms with Gasteiger partial charge < -0.3 is 15.2 Å². The molecule has 2 aromatic heterocycles. The molecule has 0 aliphatic rings. The van der Waals surface area contributed by atoms with Gasteiger partial charge in [0, 0.05) is 18.7 Å². The van der Waals surface area contributed by atoms with Crippen LogP contribution in [0.15, 0.2) is 11.6 Å². The Balaban J connectivity index is 2.12. The number of aromatic nitrogens is 4. The van der Waals surface area contributed by atoms with E-state index < -0.39 is 5.97 Å². The number of hydrogen-bond donors (Lipinski definition) is 2. The molecule has 2 aromatic rings. The van der Waals surface area contributed by atoms with Crippen molar-refractivity contribution in [3.05, 3.63) is 23.0 Å². The number of carboxylic acid groups (broad SMARTS) is 1. The molecular weight excluding hydrogens is 286 g/mol. The van der Waals surface area contributed by atoms with E-state index in [2.05, 4.69) is 20.6 Å². The quantitative estimate of drug-likeness (QED) is 0.782. The number of thiazole rings is 1. The maximum Gasteiger partial charge on any atom is 0.358 e. The van der Waals surface area contributed by atoms with E-state index in [-0.39, 0.29) is 30.4 Å². The van der Waals surface area contributed by atoms with Gasteiger partial charge in [-0.05, 0) is 0 Å². The summed E-state index contributed by atoms with van der Waals surface area (Å²) >= 11 is 1.28. The summed E-state index contributed by atoms with van der Waals surface area (Å²) in [5.41, 5.74) is 0.00295. The zero-order valence-corrected chi connectivity index (χ0v) is 11.3. The maximum absolute atomic E-state index is 11.8. The Morgan fingerprint density at radius 1 is 1.55 bits per heavy atom. The number of carboxylic acids is 1. The molecule has 2 heterocycles. The number of rotatable bonds is 6. The van der Waals surface area contributed by atoms with Crippen molar-refractivity contribution in [2.24, 2.45) is 0 Å². The van der Waals surface area contributed by atoms with Crippen molar-refractivity contribution in [2.75, 3.05) is 12.4 Å². The Morgan fingerprint density at radius 3 is 2.95 bits per heavy atom. The smallest absolute Gasteiger partial charge is 0.358 e. The van der Waals surface area contributed by atoms with Crippen molar-refractivity contribution in [2.45, 2.75) is 13.2 Å². The van der Waals surface area contributed by atoms with Crippen molar-refractivity contribution < 1.29 is 19.4 Å². The minimum atomic E-state index is -1.22. The highest BCUT2D eigenvalue weighted by Crippen LogP contribution is 2.11. The molecule has 2 N–H and O–H groups in total. The normalized spacial score (nSPS) is 10.4. The Morgan fingerprint density at radius 2 is 2.35 bits per heavy atom. The van der Waals surface area contributed by atoms with Crippen LogP contribution in [-0.4, -0.2) is 44.1 Å². The molecule has 106 valence electrons. The zero-order valence-electron chi connectivity index (χ0n) is 10.4. The lowest BCUT2D eigenvalue weighted by Crippen LogP contribution is -2.21. The molecule has 10 heteroatoms. The van der Waals surface area contributed by atoms with Crippen LogP contribution in [0.2, 0.25) is 0 Å². The van der Waals surface area contributed by atoms with Crippen molar-refractivity contribution in [3.63, 3.8) is 0 Å². The lowest BCUT2D eigenvalue weighted by molar-refractivity contribution is -0.117. The fourth-order valence-corrected chi connectivity index (χ4v) is 2.03. The van der Waals surface area contributed by atoms with Gasteiger partial charge in [-0.1, -0.05) is 5.21 Å². The monoisotopic (exact) mass is 297 g/mol. The van der Waals surface area contributed by atoms with Crippen LogP contribution in [0.5, 0.6) is 0 Å². The number of ether oxygens (including phenoxy) is 1. The van der Waals surface area contributed by atoms with Crippen molar-refractivity contribution in [1.29, 1.82) is 0 Å². The van der Waals surface area contributed by atoms with Crippen molar-refractivity contribution in [1.82, 2.24) is 20.0 Å². The van der Waals surface area contributed by atoms with E-state index in [0.717, 1.165) is 0 Å². The molecule has 0 atom stereocenters. The first kappa shape index (κ1) is 14.1. The van der Waals surface area contributed by atoms with Gasteiger partial charge in [-0.2, -0.15) is 0 Å². The van der Waals surface area contributed by atoms with Crippen LogP contribution in [0.4, 0.5) is 5.13 Å². The lowest BCUT2D eigenvalue weighted by atomic mass is 10.3. The second kappa shape index (κ2) is 6.21. The summed E-state index contributed by atoms with van der Waals surface area (Å²) < 4.78 is 6.09. The predicted octanol–water partition coefficient (Wildman–Crippen LogP) is 0.218. The number of nitrogens with zero attached hydrogens (tertiary/aromatic N) is 4. The SMILES string of the molecule is COCc1c(C(=O)O)nnn1CC(=O)Nc1nccs1. The number of hydrogen-bond acceptors (Lipinski definition) is 7. The Kier molecular flexibility index (Phi) is 4.38. The summed E-state index contributed by atoms with van der Waals surface area (Å²) in [6, 6.07) is 0. The summed E-state index contributed by atoms with van der Waals surface area (Å²) in [6.07, 6.45) is 1.56. The summed E-state index contributed by atoms with van der Waals surface area (Å²) in [6.45, 7) is -0.169. The third-order valence-corrected chi connectivity index (χ3v) is 2.98. The zero-order chi connectivity index (χ0) is 14.5. The molecular formula is C10H11N5O4S. The minimum absolute atomic E-state index is 0.000828. The van der Waals surface area contributed by atoms with E-state index in [9.17, 15) is 9.59 Å². The maximum atomic E-state index is 11.8. The van der Waals surface area contributed by atoms with Crippen molar-refractivity contribution in [3.8, 4) is 0 Å². The summed E-state index contributed by atoms with van der Waals surface area (Å²) in [4.78, 5) is 26.7. The first-order chi connectivity index (χ1) is 9.61. The molecule has 0 bridgehead atoms. The summed E-state index contributed by atoms with van der Waals surface area (Å²) in [7, 11) is 1.42. The van der Waals surface area contributed by atoms with Gasteiger partial charge in [0.05, 0.1) is 12.3 Å². The number of carbonyl (C=O) groups excluding carboxylic acids is 1. The summed E-state index contributed by atoms with van der Waals surface area (Å²) in [5.74, 6) is -1.59. The first-order valence-electron chi connectivity index (χ1n) is 5.45. The van der Waals surface area contributed by atoms with Crippen LogP contribution in [-0.2, 0) is 22.7 Å². The van der Waals surface area contributed by atoms with Gasteiger partial charge in [-0.25, -0.2) is 14.5 Å². The van der Waals surface area contributed by atoms with E-state index in [0.29, 0.717) is 5.13 Å². The third kappa shape index (κ3) is 3.16. The average molecular weight is 297 g/mol. The average Bonchev–Trinajstić information content (AvgIpc) is 3.00.